The van der Waals surface area contributed by atoms with Crippen molar-refractivity contribution in [1.82, 2.24) is 0 Å². The van der Waals surface area contributed by atoms with E-state index in [1.165, 1.54) is 44.5 Å². The van der Waals surface area contributed by atoms with Crippen molar-refractivity contribution in [2.45, 2.75) is 55.4 Å². The van der Waals surface area contributed by atoms with Gasteiger partial charge in [-0.05, 0) is 89.8 Å². The topological polar surface area (TPSA) is 24.4 Å². The van der Waals surface area contributed by atoms with Gasteiger partial charge in [0.25, 0.3) is 0 Å². The molecule has 3 rings (SSSR count). The van der Waals surface area contributed by atoms with E-state index in [1.54, 1.807) is 0 Å². The lowest BCUT2D eigenvalue weighted by Gasteiger charge is -2.18. The number of nitrogens with one attached hydrogen (secondary N) is 1. The first-order valence-corrected chi connectivity index (χ1v) is 10.2. The number of aryl methyl sites for hydroxylation is 8. The molecule has 0 unspecified atom stereocenters. The van der Waals surface area contributed by atoms with Gasteiger partial charge in [-0.1, -0.05) is 52.6 Å². The summed E-state index contributed by atoms with van der Waals surface area (Å²) in [6.45, 7) is 17.1. The zero-order valence-electron chi connectivity index (χ0n) is 19.0. The normalized spacial score (nSPS) is 11.7. The van der Waals surface area contributed by atoms with Crippen molar-refractivity contribution in [1.29, 1.82) is 0 Å². The second-order valence-corrected chi connectivity index (χ2v) is 8.48. The van der Waals surface area contributed by atoms with Crippen LogP contribution in [0, 0.1) is 55.4 Å². The second-order valence-electron chi connectivity index (χ2n) is 8.48. The van der Waals surface area contributed by atoms with Gasteiger partial charge in [0.15, 0.2) is 0 Å². The molecule has 1 N–H and O–H groups in total. The number of amidine groups is 1. The summed E-state index contributed by atoms with van der Waals surface area (Å²) >= 11 is 0. The first-order chi connectivity index (χ1) is 13.6. The molecule has 0 saturated heterocycles. The van der Waals surface area contributed by atoms with Gasteiger partial charge in [0.2, 0.25) is 0 Å². The highest BCUT2D eigenvalue weighted by atomic mass is 15.0. The number of hydrogen-bond donors (Lipinski definition) is 1. The fourth-order valence-electron chi connectivity index (χ4n) is 4.23. The molecular formula is C27H32N2. The smallest absolute Gasteiger partial charge is 0.138 e. The molecule has 29 heavy (non-hydrogen) atoms. The van der Waals surface area contributed by atoms with Gasteiger partial charge in [-0.2, -0.15) is 0 Å². The van der Waals surface area contributed by atoms with Gasteiger partial charge in [-0.3, -0.25) is 0 Å². The summed E-state index contributed by atoms with van der Waals surface area (Å²) in [5, 5.41) is 3.68. The first kappa shape index (κ1) is 20.9. The first-order valence-electron chi connectivity index (χ1n) is 10.2. The van der Waals surface area contributed by atoms with Crippen LogP contribution in [0.2, 0.25) is 0 Å². The predicted molar refractivity (Wildman–Crippen MR) is 127 cm³/mol. The van der Waals surface area contributed by atoms with Crippen molar-refractivity contribution in [2.75, 3.05) is 5.32 Å². The number of benzene rings is 3. The standard InChI is InChI=1S/C27H32N2/c1-16-9-17(2)15-24(14-16)27(28-25-20(5)10-18(3)11-21(25)6)29-26-22(7)12-19(4)13-23(26)8/h9-15H,1-8H3,(H,28,29). The molecule has 3 aromatic rings. The van der Waals surface area contributed by atoms with Crippen LogP contribution in [0.5, 0.6) is 0 Å². The summed E-state index contributed by atoms with van der Waals surface area (Å²) in [7, 11) is 0. The van der Waals surface area contributed by atoms with Gasteiger partial charge in [0.05, 0.1) is 5.69 Å². The minimum Gasteiger partial charge on any atom is -0.339 e. The maximum Gasteiger partial charge on any atom is 0.138 e. The van der Waals surface area contributed by atoms with Gasteiger partial charge < -0.3 is 5.32 Å². The predicted octanol–water partition coefficient (Wildman–Crippen LogP) is 7.34. The Bertz CT molecular complexity index is 1040. The summed E-state index contributed by atoms with van der Waals surface area (Å²) in [6.07, 6.45) is 0. The molecule has 0 aliphatic rings. The summed E-state index contributed by atoms with van der Waals surface area (Å²) < 4.78 is 0. The van der Waals surface area contributed by atoms with E-state index in [0.29, 0.717) is 0 Å². The Morgan fingerprint density at radius 2 is 0.966 bits per heavy atom. The fourth-order valence-corrected chi connectivity index (χ4v) is 4.23. The van der Waals surface area contributed by atoms with Gasteiger partial charge in [0, 0.05) is 11.3 Å². The van der Waals surface area contributed by atoms with Crippen LogP contribution in [-0.2, 0) is 0 Å². The van der Waals surface area contributed by atoms with Crippen LogP contribution in [0.3, 0.4) is 0 Å². The number of nitrogens with zero attached hydrogens (tertiary/aromatic N) is 1. The Morgan fingerprint density at radius 3 is 1.45 bits per heavy atom. The fraction of sp³-hybridized carbons (Fsp3) is 0.296. The van der Waals surface area contributed by atoms with Crippen LogP contribution in [-0.4, -0.2) is 5.84 Å². The minimum absolute atomic E-state index is 0.891. The average molecular weight is 385 g/mol. The molecule has 0 spiro atoms. The number of hydrogen-bond acceptors (Lipinski definition) is 1. The maximum atomic E-state index is 5.16. The van der Waals surface area contributed by atoms with Gasteiger partial charge in [0.1, 0.15) is 5.84 Å². The highest BCUT2D eigenvalue weighted by Crippen LogP contribution is 2.28. The minimum atomic E-state index is 0.891. The zero-order chi connectivity index (χ0) is 21.3. The third-order valence-electron chi connectivity index (χ3n) is 5.27. The number of aliphatic imine (C=N–C) groups is 1. The summed E-state index contributed by atoms with van der Waals surface area (Å²) in [4.78, 5) is 5.16. The molecule has 2 heteroatoms. The maximum absolute atomic E-state index is 5.16. The largest absolute Gasteiger partial charge is 0.339 e. The Labute approximate surface area is 175 Å². The molecule has 0 atom stereocenters. The Morgan fingerprint density at radius 1 is 0.552 bits per heavy atom. The lowest BCUT2D eigenvalue weighted by Crippen LogP contribution is -2.16. The van der Waals surface area contributed by atoms with Gasteiger partial charge in [-0.25, -0.2) is 4.99 Å². The van der Waals surface area contributed by atoms with Crippen LogP contribution < -0.4 is 5.32 Å². The third kappa shape index (κ3) is 4.76. The van der Waals surface area contributed by atoms with Crippen molar-refractivity contribution in [3.8, 4) is 0 Å². The van der Waals surface area contributed by atoms with Gasteiger partial charge >= 0.3 is 0 Å². The van der Waals surface area contributed by atoms with Crippen LogP contribution in [0.25, 0.3) is 0 Å². The number of rotatable bonds is 3. The molecule has 0 amide bonds. The molecule has 3 aromatic carbocycles. The molecule has 150 valence electrons. The molecule has 0 saturated carbocycles. The SMILES string of the molecule is Cc1cc(C)cc(C(=Nc2c(C)cc(C)cc2C)Nc2c(C)cc(C)cc2C)c1. The monoisotopic (exact) mass is 384 g/mol. The van der Waals surface area contributed by atoms with Crippen LogP contribution in [0.4, 0.5) is 11.4 Å². The van der Waals surface area contributed by atoms with E-state index in [4.69, 9.17) is 4.99 Å². The highest BCUT2D eigenvalue weighted by molar-refractivity contribution is 6.10. The van der Waals surface area contributed by atoms with Crippen molar-refractivity contribution in [3.63, 3.8) is 0 Å². The van der Waals surface area contributed by atoms with Gasteiger partial charge in [-0.15, -0.1) is 0 Å². The molecular weight excluding hydrogens is 352 g/mol. The molecule has 0 bridgehead atoms. The van der Waals surface area contributed by atoms with E-state index in [0.717, 1.165) is 22.8 Å². The third-order valence-corrected chi connectivity index (χ3v) is 5.27. The Kier molecular flexibility index (Phi) is 5.93. The molecule has 0 aliphatic heterocycles. The van der Waals surface area contributed by atoms with Crippen molar-refractivity contribution < 1.29 is 0 Å². The van der Waals surface area contributed by atoms with E-state index in [-0.39, 0.29) is 0 Å². The molecule has 2 nitrogen and oxygen atoms in total. The summed E-state index contributed by atoms with van der Waals surface area (Å²) in [5.41, 5.74) is 13.2. The lowest BCUT2D eigenvalue weighted by atomic mass is 10.0. The summed E-state index contributed by atoms with van der Waals surface area (Å²) in [6, 6.07) is 15.5. The van der Waals surface area contributed by atoms with Crippen molar-refractivity contribution in [3.05, 3.63) is 92.5 Å². The van der Waals surface area contributed by atoms with E-state index in [2.05, 4.69) is 103 Å². The summed E-state index contributed by atoms with van der Waals surface area (Å²) in [5.74, 6) is 0.891. The molecule has 0 heterocycles. The zero-order valence-corrected chi connectivity index (χ0v) is 19.0. The Hall–Kier alpha value is -2.87. The van der Waals surface area contributed by atoms with E-state index >= 15 is 0 Å². The van der Waals surface area contributed by atoms with E-state index in [1.807, 2.05) is 0 Å². The molecule has 0 aromatic heterocycles. The van der Waals surface area contributed by atoms with Crippen molar-refractivity contribution in [2.24, 2.45) is 4.99 Å². The number of anilines is 1. The van der Waals surface area contributed by atoms with Crippen LogP contribution in [0.15, 0.2) is 47.5 Å². The van der Waals surface area contributed by atoms with E-state index < -0.39 is 0 Å². The van der Waals surface area contributed by atoms with Crippen molar-refractivity contribution >= 4 is 17.2 Å². The average Bonchev–Trinajstić information content (AvgIpc) is 2.58. The molecule has 0 aliphatic carbocycles. The second kappa shape index (κ2) is 8.24. The van der Waals surface area contributed by atoms with E-state index in [9.17, 15) is 0 Å². The Balaban J connectivity index is 2.21. The highest BCUT2D eigenvalue weighted by Gasteiger charge is 2.12. The van der Waals surface area contributed by atoms with Crippen LogP contribution in [0.1, 0.15) is 50.1 Å². The quantitative estimate of drug-likeness (QED) is 0.370. The lowest BCUT2D eigenvalue weighted by molar-refractivity contribution is 1.27. The molecule has 0 fully saturated rings. The van der Waals surface area contributed by atoms with Crippen LogP contribution >= 0.6 is 0 Å². The molecule has 0 radical (unpaired) electrons.